The molecule has 1 unspecified atom stereocenters. The topological polar surface area (TPSA) is 105 Å². The van der Waals surface area contributed by atoms with Gasteiger partial charge in [0.05, 0.1) is 13.2 Å². The Morgan fingerprint density at radius 3 is 2.60 bits per heavy atom. The second-order valence-corrected chi connectivity index (χ2v) is 9.16. The maximum Gasteiger partial charge on any atom is 0.255 e. The molecule has 4 amide bonds. The molecule has 0 saturated carbocycles. The number of hydrogen-bond acceptors (Lipinski definition) is 6. The summed E-state index contributed by atoms with van der Waals surface area (Å²) in [6.45, 7) is 2.42. The zero-order valence-corrected chi connectivity index (χ0v) is 19.5. The van der Waals surface area contributed by atoms with Gasteiger partial charge in [-0.25, -0.2) is 0 Å². The third-order valence-corrected chi connectivity index (χ3v) is 6.63. The van der Waals surface area contributed by atoms with E-state index in [9.17, 15) is 19.2 Å². The van der Waals surface area contributed by atoms with Crippen LogP contribution in [-0.2, 0) is 38.8 Å². The fraction of sp³-hybridized carbons (Fsp3) is 0.360. The van der Waals surface area contributed by atoms with E-state index in [4.69, 9.17) is 9.47 Å². The number of ether oxygens (including phenoxy) is 2. The lowest BCUT2D eigenvalue weighted by Gasteiger charge is -2.29. The van der Waals surface area contributed by atoms with Crippen LogP contribution in [0.4, 0.5) is 0 Å². The standard InChI is InChI=1S/C25H26BN3O6/c26-17-9-18-19(12-29(25(18)33)20-5-6-22(30)27-24(20)32)21(10-17)35-13-16-3-1-15(2-4-16)11-28-7-8-34-14-23(28)31/h1-4,9-10,20H,5-8,11-14,26H2,(H,27,30,32). The van der Waals surface area contributed by atoms with Gasteiger partial charge in [-0.1, -0.05) is 35.8 Å². The van der Waals surface area contributed by atoms with Crippen molar-refractivity contribution >= 4 is 36.9 Å². The van der Waals surface area contributed by atoms with Crippen LogP contribution in [-0.4, -0.2) is 67.1 Å². The third kappa shape index (κ3) is 4.79. The van der Waals surface area contributed by atoms with Crippen molar-refractivity contribution in [3.63, 3.8) is 0 Å². The van der Waals surface area contributed by atoms with E-state index in [0.717, 1.165) is 22.2 Å². The predicted octanol–water partition coefficient (Wildman–Crippen LogP) is -0.356. The summed E-state index contributed by atoms with van der Waals surface area (Å²) in [7, 11) is 1.90. The Hall–Kier alpha value is -3.66. The van der Waals surface area contributed by atoms with Gasteiger partial charge in [-0.3, -0.25) is 24.5 Å². The summed E-state index contributed by atoms with van der Waals surface area (Å²) >= 11 is 0. The van der Waals surface area contributed by atoms with E-state index in [0.29, 0.717) is 44.0 Å². The second-order valence-electron chi connectivity index (χ2n) is 9.16. The lowest BCUT2D eigenvalue weighted by Crippen LogP contribution is -2.52. The van der Waals surface area contributed by atoms with Crippen LogP contribution in [0.15, 0.2) is 36.4 Å². The van der Waals surface area contributed by atoms with Gasteiger partial charge < -0.3 is 19.3 Å². The molecular formula is C25H26BN3O6. The molecule has 2 saturated heterocycles. The van der Waals surface area contributed by atoms with Crippen LogP contribution in [0.2, 0.25) is 0 Å². The van der Waals surface area contributed by atoms with Gasteiger partial charge in [0.2, 0.25) is 17.7 Å². The first-order valence-corrected chi connectivity index (χ1v) is 11.7. The largest absolute Gasteiger partial charge is 0.489 e. The first kappa shape index (κ1) is 23.1. The van der Waals surface area contributed by atoms with Gasteiger partial charge in [0.15, 0.2) is 0 Å². The Morgan fingerprint density at radius 2 is 1.86 bits per heavy atom. The van der Waals surface area contributed by atoms with Crippen molar-refractivity contribution in [1.82, 2.24) is 15.1 Å². The molecule has 2 aromatic carbocycles. The molecule has 0 aliphatic carbocycles. The lowest BCUT2D eigenvalue weighted by atomic mass is 9.92. The van der Waals surface area contributed by atoms with Crippen LogP contribution in [0.1, 0.15) is 39.9 Å². The van der Waals surface area contributed by atoms with E-state index >= 15 is 0 Å². The molecule has 3 heterocycles. The van der Waals surface area contributed by atoms with Crippen LogP contribution >= 0.6 is 0 Å². The average Bonchev–Trinajstić information content (AvgIpc) is 3.16. The van der Waals surface area contributed by atoms with E-state index in [1.165, 1.54) is 4.90 Å². The Labute approximate surface area is 203 Å². The maximum absolute atomic E-state index is 13.1. The third-order valence-electron chi connectivity index (χ3n) is 6.63. The van der Waals surface area contributed by atoms with Crippen LogP contribution < -0.4 is 15.5 Å². The van der Waals surface area contributed by atoms with E-state index in [2.05, 4.69) is 5.32 Å². The van der Waals surface area contributed by atoms with Crippen molar-refractivity contribution < 1.29 is 28.7 Å². The maximum atomic E-state index is 13.1. The molecule has 0 radical (unpaired) electrons. The van der Waals surface area contributed by atoms with Crippen molar-refractivity contribution in [3.8, 4) is 5.75 Å². The van der Waals surface area contributed by atoms with E-state index in [-0.39, 0.29) is 37.3 Å². The second kappa shape index (κ2) is 9.54. The molecule has 1 N–H and O–H groups in total. The molecule has 180 valence electrons. The molecule has 35 heavy (non-hydrogen) atoms. The van der Waals surface area contributed by atoms with Crippen molar-refractivity contribution in [1.29, 1.82) is 0 Å². The highest BCUT2D eigenvalue weighted by atomic mass is 16.5. The number of nitrogens with one attached hydrogen (secondary N) is 1. The van der Waals surface area contributed by atoms with E-state index in [1.807, 2.05) is 44.2 Å². The minimum atomic E-state index is -0.661. The number of amides is 4. The summed E-state index contributed by atoms with van der Waals surface area (Å²) in [6.07, 6.45) is 0.538. The zero-order chi connectivity index (χ0) is 24.5. The quantitative estimate of drug-likeness (QED) is 0.452. The molecule has 0 aromatic heterocycles. The van der Waals surface area contributed by atoms with Gasteiger partial charge >= 0.3 is 0 Å². The summed E-state index contributed by atoms with van der Waals surface area (Å²) in [5, 5.41) is 2.33. The monoisotopic (exact) mass is 475 g/mol. The molecule has 3 aliphatic rings. The minimum Gasteiger partial charge on any atom is -0.489 e. The summed E-state index contributed by atoms with van der Waals surface area (Å²) in [5.74, 6) is -0.340. The number of carbonyl (C=O) groups excluding carboxylic acids is 4. The highest BCUT2D eigenvalue weighted by molar-refractivity contribution is 6.33. The normalized spacial score (nSPS) is 20.2. The van der Waals surface area contributed by atoms with Gasteiger partial charge in [0.1, 0.15) is 32.9 Å². The lowest BCUT2D eigenvalue weighted by molar-refractivity contribution is -0.143. The smallest absolute Gasteiger partial charge is 0.255 e. The molecule has 9 nitrogen and oxygen atoms in total. The number of morpholine rings is 1. The predicted molar refractivity (Wildman–Crippen MR) is 128 cm³/mol. The number of piperidine rings is 1. The highest BCUT2D eigenvalue weighted by Gasteiger charge is 2.40. The number of rotatable bonds is 6. The first-order chi connectivity index (χ1) is 16.9. The number of imide groups is 1. The van der Waals surface area contributed by atoms with Crippen LogP contribution in [0.3, 0.4) is 0 Å². The van der Waals surface area contributed by atoms with Crippen molar-refractivity contribution in [2.24, 2.45) is 0 Å². The molecule has 5 rings (SSSR count). The Morgan fingerprint density at radius 1 is 1.09 bits per heavy atom. The van der Waals surface area contributed by atoms with Gasteiger partial charge in [0, 0.05) is 30.6 Å². The van der Waals surface area contributed by atoms with Crippen molar-refractivity contribution in [2.75, 3.05) is 19.8 Å². The average molecular weight is 475 g/mol. The minimum absolute atomic E-state index is 0.00198. The van der Waals surface area contributed by atoms with Crippen LogP contribution in [0.5, 0.6) is 5.75 Å². The molecule has 2 fully saturated rings. The summed E-state index contributed by atoms with van der Waals surface area (Å²) in [5.41, 5.74) is 4.18. The molecule has 2 aromatic rings. The van der Waals surface area contributed by atoms with Crippen molar-refractivity contribution in [2.45, 2.75) is 38.6 Å². The van der Waals surface area contributed by atoms with Crippen molar-refractivity contribution in [3.05, 3.63) is 58.7 Å². The SMILES string of the molecule is Bc1cc(OCc2ccc(CN3CCOCC3=O)cc2)c2c(c1)C(=O)N(C1CCC(=O)NC1=O)C2. The molecule has 10 heteroatoms. The molecule has 0 bridgehead atoms. The number of benzene rings is 2. The van der Waals surface area contributed by atoms with Crippen LogP contribution in [0.25, 0.3) is 0 Å². The zero-order valence-electron chi connectivity index (χ0n) is 19.5. The Balaban J connectivity index is 1.26. The fourth-order valence-electron chi connectivity index (χ4n) is 4.73. The van der Waals surface area contributed by atoms with Crippen LogP contribution in [0, 0.1) is 0 Å². The Kier molecular flexibility index (Phi) is 6.30. The summed E-state index contributed by atoms with van der Waals surface area (Å²) < 4.78 is 11.3. The van der Waals surface area contributed by atoms with Gasteiger partial charge in [-0.2, -0.15) is 0 Å². The Bertz CT molecular complexity index is 1200. The summed E-state index contributed by atoms with van der Waals surface area (Å²) in [6, 6.07) is 11.0. The molecular weight excluding hydrogens is 449 g/mol. The highest BCUT2D eigenvalue weighted by Crippen LogP contribution is 2.33. The van der Waals surface area contributed by atoms with E-state index < -0.39 is 11.9 Å². The molecule has 0 spiro atoms. The van der Waals surface area contributed by atoms with Gasteiger partial charge in [0.25, 0.3) is 5.91 Å². The van der Waals surface area contributed by atoms with E-state index in [1.54, 1.807) is 4.90 Å². The van der Waals surface area contributed by atoms with Gasteiger partial charge in [-0.15, -0.1) is 0 Å². The molecule has 1 atom stereocenters. The fourth-order valence-corrected chi connectivity index (χ4v) is 4.73. The number of hydrogen-bond donors (Lipinski definition) is 1. The number of fused-ring (bicyclic) bond motifs is 1. The summed E-state index contributed by atoms with van der Waals surface area (Å²) in [4.78, 5) is 52.2. The first-order valence-electron chi connectivity index (χ1n) is 11.7. The van der Waals surface area contributed by atoms with Gasteiger partial charge in [-0.05, 0) is 23.6 Å². The number of carbonyl (C=O) groups is 4. The number of nitrogens with zero attached hydrogens (tertiary/aromatic N) is 2. The molecule has 3 aliphatic heterocycles.